The Kier molecular flexibility index (Phi) is 4.86. The van der Waals surface area contributed by atoms with Gasteiger partial charge >= 0.3 is 0 Å². The second-order valence-corrected chi connectivity index (χ2v) is 6.06. The summed E-state index contributed by atoms with van der Waals surface area (Å²) in [5.41, 5.74) is 0.887. The third-order valence-corrected chi connectivity index (χ3v) is 3.94. The molecule has 0 saturated carbocycles. The molecule has 1 N–H and O–H groups in total. The largest absolute Gasteiger partial charge is 0.460 e. The van der Waals surface area contributed by atoms with Gasteiger partial charge in [-0.15, -0.1) is 0 Å². The molecule has 0 radical (unpaired) electrons. The second kappa shape index (κ2) is 6.84. The zero-order valence-corrected chi connectivity index (χ0v) is 13.1. The molecule has 1 aromatic heterocycles. The van der Waals surface area contributed by atoms with Crippen molar-refractivity contribution in [2.24, 2.45) is 0 Å². The van der Waals surface area contributed by atoms with Gasteiger partial charge in [-0.25, -0.2) is 0 Å². The summed E-state index contributed by atoms with van der Waals surface area (Å²) in [4.78, 5) is 0. The Labute approximate surface area is 134 Å². The van der Waals surface area contributed by atoms with Gasteiger partial charge in [0.1, 0.15) is 11.5 Å². The lowest BCUT2D eigenvalue weighted by atomic mass is 10.2. The van der Waals surface area contributed by atoms with Crippen LogP contribution in [0.15, 0.2) is 34.7 Å². The van der Waals surface area contributed by atoms with E-state index >= 15 is 0 Å². The van der Waals surface area contributed by atoms with Gasteiger partial charge in [-0.3, -0.25) is 0 Å². The minimum Gasteiger partial charge on any atom is -0.460 e. The lowest BCUT2D eigenvalue weighted by Gasteiger charge is -2.09. The molecule has 3 nitrogen and oxygen atoms in total. The summed E-state index contributed by atoms with van der Waals surface area (Å²) in [6.07, 6.45) is 2.63. The number of hydrogen-bond acceptors (Lipinski definition) is 3. The van der Waals surface area contributed by atoms with E-state index in [1.807, 2.05) is 24.3 Å². The number of hydrogen-bond donors (Lipinski definition) is 1. The summed E-state index contributed by atoms with van der Waals surface area (Å²) in [6.45, 7) is 2.43. The van der Waals surface area contributed by atoms with E-state index in [1.165, 1.54) is 0 Å². The highest BCUT2D eigenvalue weighted by atomic mass is 35.5. The molecule has 1 aliphatic rings. The van der Waals surface area contributed by atoms with Gasteiger partial charge in [0.05, 0.1) is 12.6 Å². The van der Waals surface area contributed by atoms with Crippen LogP contribution in [0.4, 0.5) is 0 Å². The molecule has 3 rings (SSSR count). The maximum Gasteiger partial charge on any atom is 0.134 e. The van der Waals surface area contributed by atoms with Crippen molar-refractivity contribution in [3.05, 3.63) is 46.1 Å². The van der Waals surface area contributed by atoms with E-state index in [9.17, 15) is 0 Å². The van der Waals surface area contributed by atoms with E-state index in [-0.39, 0.29) is 0 Å². The Bertz CT molecular complexity index is 586. The summed E-state index contributed by atoms with van der Waals surface area (Å²) in [6, 6.07) is 9.29. The highest BCUT2D eigenvalue weighted by molar-refractivity contribution is 6.35. The van der Waals surface area contributed by atoms with Crippen molar-refractivity contribution in [2.75, 3.05) is 13.2 Å². The molecule has 2 aromatic rings. The first-order valence-corrected chi connectivity index (χ1v) is 7.84. The Morgan fingerprint density at radius 2 is 1.95 bits per heavy atom. The molecule has 0 amide bonds. The summed E-state index contributed by atoms with van der Waals surface area (Å²) in [5.74, 6) is 1.66. The van der Waals surface area contributed by atoms with Crippen LogP contribution in [0.1, 0.15) is 18.6 Å². The molecule has 1 aliphatic heterocycles. The number of halogens is 2. The standard InChI is InChI=1S/C16H17Cl2NO2/c17-12-6-11(7-13(18)8-12)16-4-3-15(21-16)10-19-9-14-2-1-5-20-14/h3-4,6-8,14,19H,1-2,5,9-10H2/t14-/m1/s1. The van der Waals surface area contributed by atoms with Crippen molar-refractivity contribution in [2.45, 2.75) is 25.5 Å². The average Bonchev–Trinajstić information content (AvgIpc) is 3.09. The molecule has 0 aliphatic carbocycles. The molecule has 0 spiro atoms. The topological polar surface area (TPSA) is 34.4 Å². The smallest absolute Gasteiger partial charge is 0.134 e. The van der Waals surface area contributed by atoms with E-state index < -0.39 is 0 Å². The van der Waals surface area contributed by atoms with Crippen LogP contribution in [0.25, 0.3) is 11.3 Å². The van der Waals surface area contributed by atoms with Crippen LogP contribution in [0.5, 0.6) is 0 Å². The SMILES string of the molecule is Clc1cc(Cl)cc(-c2ccc(CNC[C@H]3CCCO3)o2)c1. The fraction of sp³-hybridized carbons (Fsp3) is 0.375. The Morgan fingerprint density at radius 3 is 2.67 bits per heavy atom. The zero-order valence-electron chi connectivity index (χ0n) is 11.6. The number of nitrogens with one attached hydrogen (secondary N) is 1. The summed E-state index contributed by atoms with van der Waals surface area (Å²) >= 11 is 12.0. The lowest BCUT2D eigenvalue weighted by Crippen LogP contribution is -2.25. The van der Waals surface area contributed by atoms with E-state index in [0.717, 1.165) is 43.1 Å². The van der Waals surface area contributed by atoms with Crippen molar-refractivity contribution >= 4 is 23.2 Å². The van der Waals surface area contributed by atoms with Gasteiger partial charge in [0.25, 0.3) is 0 Å². The first kappa shape index (κ1) is 14.9. The Balaban J connectivity index is 1.60. The molecule has 1 atom stereocenters. The maximum atomic E-state index is 6.01. The zero-order chi connectivity index (χ0) is 14.7. The van der Waals surface area contributed by atoms with Crippen LogP contribution in [0, 0.1) is 0 Å². The van der Waals surface area contributed by atoms with Gasteiger partial charge in [0.15, 0.2) is 0 Å². The molecule has 21 heavy (non-hydrogen) atoms. The van der Waals surface area contributed by atoms with E-state index in [2.05, 4.69) is 5.32 Å². The monoisotopic (exact) mass is 325 g/mol. The van der Waals surface area contributed by atoms with E-state index in [4.69, 9.17) is 32.4 Å². The van der Waals surface area contributed by atoms with Gasteiger partial charge in [-0.1, -0.05) is 23.2 Å². The van der Waals surface area contributed by atoms with Crippen LogP contribution >= 0.6 is 23.2 Å². The van der Waals surface area contributed by atoms with Gasteiger partial charge < -0.3 is 14.5 Å². The van der Waals surface area contributed by atoms with Crippen LogP contribution in [0.2, 0.25) is 10.0 Å². The molecular weight excluding hydrogens is 309 g/mol. The third kappa shape index (κ3) is 4.01. The quantitative estimate of drug-likeness (QED) is 0.877. The number of benzene rings is 1. The van der Waals surface area contributed by atoms with Crippen LogP contribution in [-0.2, 0) is 11.3 Å². The Hall–Kier alpha value is -1.00. The number of ether oxygens (including phenoxy) is 1. The van der Waals surface area contributed by atoms with Gasteiger partial charge in [-0.05, 0) is 43.2 Å². The highest BCUT2D eigenvalue weighted by Crippen LogP contribution is 2.28. The van der Waals surface area contributed by atoms with E-state index in [1.54, 1.807) is 6.07 Å². The number of furan rings is 1. The summed E-state index contributed by atoms with van der Waals surface area (Å²) in [7, 11) is 0. The predicted octanol–water partition coefficient (Wildman–Crippen LogP) is 4.52. The molecule has 0 bridgehead atoms. The molecule has 2 heterocycles. The molecular formula is C16H17Cl2NO2. The normalized spacial score (nSPS) is 18.3. The van der Waals surface area contributed by atoms with Crippen molar-refractivity contribution in [3.8, 4) is 11.3 Å². The lowest BCUT2D eigenvalue weighted by molar-refractivity contribution is 0.109. The minimum atomic E-state index is 0.339. The summed E-state index contributed by atoms with van der Waals surface area (Å²) in [5, 5.41) is 4.57. The van der Waals surface area contributed by atoms with Crippen molar-refractivity contribution in [1.29, 1.82) is 0 Å². The highest BCUT2D eigenvalue weighted by Gasteiger charge is 2.15. The van der Waals surface area contributed by atoms with Crippen molar-refractivity contribution in [3.63, 3.8) is 0 Å². The molecule has 1 aromatic carbocycles. The number of rotatable bonds is 5. The fourth-order valence-corrected chi connectivity index (χ4v) is 3.01. The molecule has 112 valence electrons. The molecule has 1 saturated heterocycles. The van der Waals surface area contributed by atoms with Crippen molar-refractivity contribution < 1.29 is 9.15 Å². The average molecular weight is 326 g/mol. The second-order valence-electron chi connectivity index (χ2n) is 5.19. The van der Waals surface area contributed by atoms with Crippen LogP contribution in [-0.4, -0.2) is 19.3 Å². The fourth-order valence-electron chi connectivity index (χ4n) is 2.49. The van der Waals surface area contributed by atoms with Gasteiger partial charge in [-0.2, -0.15) is 0 Å². The first-order valence-electron chi connectivity index (χ1n) is 7.08. The van der Waals surface area contributed by atoms with Crippen molar-refractivity contribution in [1.82, 2.24) is 5.32 Å². The predicted molar refractivity (Wildman–Crippen MR) is 84.8 cm³/mol. The third-order valence-electron chi connectivity index (χ3n) is 3.50. The van der Waals surface area contributed by atoms with E-state index in [0.29, 0.717) is 22.7 Å². The van der Waals surface area contributed by atoms with Crippen LogP contribution in [0.3, 0.4) is 0 Å². The summed E-state index contributed by atoms with van der Waals surface area (Å²) < 4.78 is 11.4. The van der Waals surface area contributed by atoms with Crippen LogP contribution < -0.4 is 5.32 Å². The van der Waals surface area contributed by atoms with Gasteiger partial charge in [0.2, 0.25) is 0 Å². The molecule has 5 heteroatoms. The first-order chi connectivity index (χ1) is 10.2. The van der Waals surface area contributed by atoms with Gasteiger partial charge in [0, 0.05) is 28.8 Å². The molecule has 0 unspecified atom stereocenters. The maximum absolute atomic E-state index is 6.01. The molecule has 1 fully saturated rings. The minimum absolute atomic E-state index is 0.339. The Morgan fingerprint density at radius 1 is 1.14 bits per heavy atom.